The third-order valence-electron chi connectivity index (χ3n) is 4.88. The molecule has 0 spiro atoms. The molecule has 0 saturated heterocycles. The highest BCUT2D eigenvalue weighted by molar-refractivity contribution is 7.12. The number of thiophene rings is 1. The highest BCUT2D eigenvalue weighted by atomic mass is 32.1. The van der Waals surface area contributed by atoms with Gasteiger partial charge in [0, 0.05) is 36.6 Å². The number of amides is 1. The van der Waals surface area contributed by atoms with Crippen molar-refractivity contribution >= 4 is 51.2 Å². The predicted molar refractivity (Wildman–Crippen MR) is 134 cm³/mol. The van der Waals surface area contributed by atoms with E-state index in [2.05, 4.69) is 31.2 Å². The predicted octanol–water partition coefficient (Wildman–Crippen LogP) is 4.63. The van der Waals surface area contributed by atoms with Crippen molar-refractivity contribution in [2.75, 3.05) is 23.0 Å². The van der Waals surface area contributed by atoms with E-state index in [-0.39, 0.29) is 5.91 Å². The molecule has 0 aliphatic rings. The number of fused-ring (bicyclic) bond motifs is 1. The molecule has 33 heavy (non-hydrogen) atoms. The van der Waals surface area contributed by atoms with Crippen LogP contribution in [0.3, 0.4) is 0 Å². The van der Waals surface area contributed by atoms with E-state index in [0.717, 1.165) is 27.8 Å². The Morgan fingerprint density at radius 1 is 1.06 bits per heavy atom. The third kappa shape index (κ3) is 5.26. The van der Waals surface area contributed by atoms with E-state index in [0.29, 0.717) is 23.1 Å². The number of carbonyl (C=O) groups excluding carboxylic acids is 1. The average Bonchev–Trinajstić information content (AvgIpc) is 3.32. The smallest absolute Gasteiger partial charge is 0.267 e. The zero-order chi connectivity index (χ0) is 23.0. The molecule has 2 aromatic carbocycles. The topological polar surface area (TPSA) is 114 Å². The Bertz CT molecular complexity index is 1330. The summed E-state index contributed by atoms with van der Waals surface area (Å²) in [5, 5.41) is 23.4. The Morgan fingerprint density at radius 2 is 1.82 bits per heavy atom. The number of carbonyl (C=O) groups is 1. The summed E-state index contributed by atoms with van der Waals surface area (Å²) in [7, 11) is 1.57. The van der Waals surface area contributed by atoms with Crippen molar-refractivity contribution in [1.82, 2.24) is 10.3 Å². The van der Waals surface area contributed by atoms with Gasteiger partial charge in [0.2, 0.25) is 5.96 Å². The molecule has 4 aromatic rings. The minimum atomic E-state index is -0.185. The summed E-state index contributed by atoms with van der Waals surface area (Å²) < 4.78 is 0. The molecule has 0 aliphatic heterocycles. The zero-order valence-corrected chi connectivity index (χ0v) is 18.6. The van der Waals surface area contributed by atoms with Gasteiger partial charge >= 0.3 is 0 Å². The fraction of sp³-hybridized carbons (Fsp3) is 0.0833. The van der Waals surface area contributed by atoms with Gasteiger partial charge in [0.15, 0.2) is 6.19 Å². The van der Waals surface area contributed by atoms with Crippen LogP contribution in [-0.4, -0.2) is 23.9 Å². The van der Waals surface area contributed by atoms with Crippen LogP contribution in [0.1, 0.15) is 15.2 Å². The number of nitrogens with zero attached hydrogens (tertiary/aromatic N) is 3. The van der Waals surface area contributed by atoms with Crippen molar-refractivity contribution in [3.63, 3.8) is 0 Å². The van der Waals surface area contributed by atoms with E-state index in [1.54, 1.807) is 37.5 Å². The number of hydrogen-bond donors (Lipinski definition) is 4. The van der Waals surface area contributed by atoms with E-state index in [1.165, 1.54) is 11.3 Å². The van der Waals surface area contributed by atoms with Gasteiger partial charge in [-0.2, -0.15) is 5.26 Å². The first-order valence-electron chi connectivity index (χ1n) is 10.1. The van der Waals surface area contributed by atoms with Crippen molar-refractivity contribution in [3.8, 4) is 6.19 Å². The molecule has 9 heteroatoms. The van der Waals surface area contributed by atoms with E-state index in [4.69, 9.17) is 5.26 Å². The first-order chi connectivity index (χ1) is 16.2. The number of guanidine groups is 1. The second kappa shape index (κ2) is 10.3. The number of pyridine rings is 1. The molecule has 0 unspecified atom stereocenters. The van der Waals surface area contributed by atoms with Crippen LogP contribution in [0.2, 0.25) is 0 Å². The summed E-state index contributed by atoms with van der Waals surface area (Å²) in [6, 6.07) is 19.0. The van der Waals surface area contributed by atoms with Gasteiger partial charge in [-0.05, 0) is 53.4 Å². The van der Waals surface area contributed by atoms with Crippen LogP contribution >= 0.6 is 11.3 Å². The summed E-state index contributed by atoms with van der Waals surface area (Å²) in [6.07, 6.45) is 3.61. The lowest BCUT2D eigenvalue weighted by Crippen LogP contribution is -2.26. The molecule has 0 bridgehead atoms. The normalized spacial score (nSPS) is 11.0. The number of aliphatic imine (C=N–C) groups is 1. The molecule has 164 valence electrons. The second-order valence-electron chi connectivity index (χ2n) is 6.97. The average molecular weight is 456 g/mol. The number of anilines is 3. The van der Waals surface area contributed by atoms with Gasteiger partial charge in [0.1, 0.15) is 4.88 Å². The van der Waals surface area contributed by atoms with Crippen LogP contribution in [0.4, 0.5) is 17.1 Å². The van der Waals surface area contributed by atoms with Crippen LogP contribution in [-0.2, 0) is 6.54 Å². The molecule has 2 aromatic heterocycles. The van der Waals surface area contributed by atoms with E-state index in [1.807, 2.05) is 48.0 Å². The van der Waals surface area contributed by atoms with Crippen LogP contribution < -0.4 is 21.3 Å². The van der Waals surface area contributed by atoms with Crippen molar-refractivity contribution in [3.05, 3.63) is 82.7 Å². The second-order valence-corrected chi connectivity index (χ2v) is 7.89. The van der Waals surface area contributed by atoms with Crippen LogP contribution in [0, 0.1) is 11.5 Å². The van der Waals surface area contributed by atoms with Gasteiger partial charge in [-0.3, -0.25) is 20.1 Å². The van der Waals surface area contributed by atoms with E-state index in [9.17, 15) is 4.79 Å². The maximum absolute atomic E-state index is 12.9. The maximum atomic E-state index is 12.9. The van der Waals surface area contributed by atoms with Crippen molar-refractivity contribution in [2.45, 2.75) is 6.54 Å². The molecule has 4 N–H and O–H groups in total. The number of benzene rings is 2. The molecule has 0 fully saturated rings. The summed E-state index contributed by atoms with van der Waals surface area (Å²) in [6.45, 7) is 0.582. The highest BCUT2D eigenvalue weighted by Crippen LogP contribution is 2.26. The van der Waals surface area contributed by atoms with Crippen molar-refractivity contribution < 1.29 is 4.79 Å². The minimum Gasteiger partial charge on any atom is -0.380 e. The molecule has 0 radical (unpaired) electrons. The molecule has 0 aliphatic carbocycles. The number of nitriles is 1. The number of nitrogens with one attached hydrogen (secondary N) is 4. The Balaban J connectivity index is 1.41. The number of aromatic nitrogens is 1. The summed E-state index contributed by atoms with van der Waals surface area (Å²) >= 11 is 1.38. The first-order valence-corrected chi connectivity index (χ1v) is 11.0. The number of para-hydroxylation sites is 1. The molecule has 1 amide bonds. The van der Waals surface area contributed by atoms with Gasteiger partial charge in [-0.25, -0.2) is 0 Å². The van der Waals surface area contributed by atoms with Gasteiger partial charge in [-0.15, -0.1) is 11.3 Å². The Hall–Kier alpha value is -4.42. The highest BCUT2D eigenvalue weighted by Gasteiger charge is 2.14. The van der Waals surface area contributed by atoms with Crippen molar-refractivity contribution in [1.29, 1.82) is 5.26 Å². The van der Waals surface area contributed by atoms with Crippen LogP contribution in [0.15, 0.2) is 77.2 Å². The Labute approximate surface area is 195 Å². The standard InChI is InChI=1S/C24H21N7OS/c1-26-24(29-15-25)31-18-8-6-17(7-9-18)30-23(32)22-21(11-13-33-22)28-14-16-10-12-27-20-5-3-2-4-19(16)20/h2-13,28H,14H2,1H3,(H,30,32)(H2,26,29,31). The lowest BCUT2D eigenvalue weighted by molar-refractivity contribution is 0.103. The van der Waals surface area contributed by atoms with Gasteiger partial charge < -0.3 is 16.0 Å². The zero-order valence-electron chi connectivity index (χ0n) is 17.8. The van der Waals surface area contributed by atoms with Crippen molar-refractivity contribution in [2.24, 2.45) is 4.99 Å². The fourth-order valence-corrected chi connectivity index (χ4v) is 4.05. The summed E-state index contributed by atoms with van der Waals surface area (Å²) in [5.74, 6) is 0.153. The van der Waals surface area contributed by atoms with E-state index >= 15 is 0 Å². The maximum Gasteiger partial charge on any atom is 0.267 e. The van der Waals surface area contributed by atoms with Gasteiger partial charge in [0.05, 0.1) is 11.2 Å². The third-order valence-corrected chi connectivity index (χ3v) is 5.80. The number of hydrogen-bond acceptors (Lipinski definition) is 6. The quantitative estimate of drug-likeness (QED) is 0.146. The summed E-state index contributed by atoms with van der Waals surface area (Å²) in [5.41, 5.74) is 4.23. The molecule has 0 atom stereocenters. The monoisotopic (exact) mass is 455 g/mol. The first kappa shape index (κ1) is 21.8. The number of rotatable bonds is 6. The Morgan fingerprint density at radius 3 is 2.58 bits per heavy atom. The van der Waals surface area contributed by atoms with Crippen LogP contribution in [0.5, 0.6) is 0 Å². The summed E-state index contributed by atoms with van der Waals surface area (Å²) in [4.78, 5) is 21.8. The molecule has 8 nitrogen and oxygen atoms in total. The van der Waals surface area contributed by atoms with Crippen LogP contribution in [0.25, 0.3) is 10.9 Å². The van der Waals surface area contributed by atoms with Gasteiger partial charge in [-0.1, -0.05) is 18.2 Å². The Kier molecular flexibility index (Phi) is 6.78. The van der Waals surface area contributed by atoms with E-state index < -0.39 is 0 Å². The SMILES string of the molecule is CN=C(NC#N)Nc1ccc(NC(=O)c2sccc2NCc2ccnc3ccccc23)cc1. The minimum absolute atomic E-state index is 0.185. The molecular weight excluding hydrogens is 434 g/mol. The lowest BCUT2D eigenvalue weighted by atomic mass is 10.1. The van der Waals surface area contributed by atoms with Gasteiger partial charge in [0.25, 0.3) is 5.91 Å². The molecule has 2 heterocycles. The molecule has 4 rings (SSSR count). The molecular formula is C24H21N7OS. The molecule has 0 saturated carbocycles. The largest absolute Gasteiger partial charge is 0.380 e. The lowest BCUT2D eigenvalue weighted by Gasteiger charge is -2.11. The fourth-order valence-electron chi connectivity index (χ4n) is 3.28.